The molecular weight excluding hydrogens is 352 g/mol. The summed E-state index contributed by atoms with van der Waals surface area (Å²) in [6, 6.07) is 14.4. The molecule has 0 amide bonds. The van der Waals surface area contributed by atoms with Gasteiger partial charge in [0, 0.05) is 42.0 Å². The van der Waals surface area contributed by atoms with Gasteiger partial charge in [-0.1, -0.05) is 18.2 Å². The summed E-state index contributed by atoms with van der Waals surface area (Å²) in [5.41, 5.74) is 4.48. The lowest BCUT2D eigenvalue weighted by atomic mass is 10.1. The van der Waals surface area contributed by atoms with Crippen LogP contribution in [-0.4, -0.2) is 33.9 Å². The minimum absolute atomic E-state index is 0.276. The lowest BCUT2D eigenvalue weighted by Gasteiger charge is -2.18. The lowest BCUT2D eigenvalue weighted by Crippen LogP contribution is -2.17. The average Bonchev–Trinajstić information content (AvgIpc) is 3.36. The third kappa shape index (κ3) is 3.08. The number of benzene rings is 2. The molecule has 0 atom stereocenters. The van der Waals surface area contributed by atoms with Gasteiger partial charge in [0.15, 0.2) is 11.5 Å². The smallest absolute Gasteiger partial charge is 0.231 e. The van der Waals surface area contributed by atoms with Gasteiger partial charge in [-0.15, -0.1) is 0 Å². The standard InChI is InChI=1S/C22H20N4O2/c1-26(12-17-4-2-3-16-10-23-8-7-19(16)17)13-18-11-24-25-22(18)15-5-6-20-21(9-15)28-14-27-20/h2-11H,12-14H2,1H3,(H,24,25). The maximum atomic E-state index is 5.51. The Bertz CT molecular complexity index is 1130. The molecule has 140 valence electrons. The van der Waals surface area contributed by atoms with Crippen LogP contribution in [0.1, 0.15) is 11.1 Å². The van der Waals surface area contributed by atoms with E-state index >= 15 is 0 Å². The van der Waals surface area contributed by atoms with Gasteiger partial charge in [-0.3, -0.25) is 15.0 Å². The molecule has 1 aliphatic heterocycles. The number of H-pyrrole nitrogens is 1. The molecule has 2 aromatic heterocycles. The fraction of sp³-hybridized carbons (Fsp3) is 0.182. The number of pyridine rings is 1. The van der Waals surface area contributed by atoms with Crippen LogP contribution in [0.2, 0.25) is 0 Å². The Morgan fingerprint density at radius 1 is 1.00 bits per heavy atom. The predicted octanol–water partition coefficient (Wildman–Crippen LogP) is 3.99. The number of aromatic nitrogens is 3. The van der Waals surface area contributed by atoms with E-state index in [1.807, 2.05) is 36.8 Å². The van der Waals surface area contributed by atoms with E-state index in [1.165, 1.54) is 10.9 Å². The first kappa shape index (κ1) is 16.8. The maximum Gasteiger partial charge on any atom is 0.231 e. The zero-order chi connectivity index (χ0) is 18.9. The molecule has 0 fully saturated rings. The fourth-order valence-corrected chi connectivity index (χ4v) is 3.70. The summed E-state index contributed by atoms with van der Waals surface area (Å²) in [5, 5.41) is 9.81. The van der Waals surface area contributed by atoms with E-state index in [0.717, 1.165) is 46.8 Å². The van der Waals surface area contributed by atoms with Crippen molar-refractivity contribution in [2.24, 2.45) is 0 Å². The normalized spacial score (nSPS) is 12.8. The molecule has 28 heavy (non-hydrogen) atoms. The van der Waals surface area contributed by atoms with Crippen molar-refractivity contribution in [1.82, 2.24) is 20.1 Å². The van der Waals surface area contributed by atoms with Gasteiger partial charge in [-0.05, 0) is 42.3 Å². The van der Waals surface area contributed by atoms with E-state index in [0.29, 0.717) is 0 Å². The van der Waals surface area contributed by atoms with Gasteiger partial charge in [-0.25, -0.2) is 0 Å². The van der Waals surface area contributed by atoms with Gasteiger partial charge in [-0.2, -0.15) is 5.10 Å². The van der Waals surface area contributed by atoms with Crippen LogP contribution < -0.4 is 9.47 Å². The molecule has 0 bridgehead atoms. The molecule has 4 aromatic rings. The molecule has 0 unspecified atom stereocenters. The summed E-state index contributed by atoms with van der Waals surface area (Å²) in [4.78, 5) is 6.51. The molecular formula is C22H20N4O2. The van der Waals surface area contributed by atoms with Crippen molar-refractivity contribution in [1.29, 1.82) is 0 Å². The Morgan fingerprint density at radius 3 is 2.86 bits per heavy atom. The topological polar surface area (TPSA) is 63.3 Å². The second-order valence-corrected chi connectivity index (χ2v) is 7.02. The Hall–Kier alpha value is -3.38. The van der Waals surface area contributed by atoms with Gasteiger partial charge < -0.3 is 9.47 Å². The van der Waals surface area contributed by atoms with E-state index < -0.39 is 0 Å². The van der Waals surface area contributed by atoms with Gasteiger partial charge in [0.25, 0.3) is 0 Å². The Kier molecular flexibility index (Phi) is 4.18. The first-order chi connectivity index (χ1) is 13.8. The van der Waals surface area contributed by atoms with Crippen molar-refractivity contribution < 1.29 is 9.47 Å². The SMILES string of the molecule is CN(Cc1cn[nH]c1-c1ccc2c(c1)OCO2)Cc1cccc2cnccc12. The van der Waals surface area contributed by atoms with Gasteiger partial charge >= 0.3 is 0 Å². The Balaban J connectivity index is 1.38. The highest BCUT2D eigenvalue weighted by molar-refractivity contribution is 5.84. The van der Waals surface area contributed by atoms with E-state index in [-0.39, 0.29) is 6.79 Å². The molecule has 1 aliphatic rings. The third-order valence-corrected chi connectivity index (χ3v) is 5.03. The highest BCUT2D eigenvalue weighted by Gasteiger charge is 2.17. The van der Waals surface area contributed by atoms with Gasteiger partial charge in [0.05, 0.1) is 11.9 Å². The molecule has 0 radical (unpaired) electrons. The summed E-state index contributed by atoms with van der Waals surface area (Å²) >= 11 is 0. The van der Waals surface area contributed by atoms with Crippen molar-refractivity contribution in [3.63, 3.8) is 0 Å². The number of hydrogen-bond acceptors (Lipinski definition) is 5. The summed E-state index contributed by atoms with van der Waals surface area (Å²) in [6.45, 7) is 1.90. The largest absolute Gasteiger partial charge is 0.454 e. The molecule has 1 N–H and O–H groups in total. The molecule has 5 rings (SSSR count). The van der Waals surface area contributed by atoms with Crippen LogP contribution in [-0.2, 0) is 13.1 Å². The molecule has 6 nitrogen and oxygen atoms in total. The summed E-state index contributed by atoms with van der Waals surface area (Å²) < 4.78 is 10.9. The molecule has 0 spiro atoms. The van der Waals surface area contributed by atoms with Crippen LogP contribution >= 0.6 is 0 Å². The first-order valence-corrected chi connectivity index (χ1v) is 9.20. The molecule has 0 saturated heterocycles. The van der Waals surface area contributed by atoms with E-state index in [2.05, 4.69) is 51.4 Å². The number of aromatic amines is 1. The van der Waals surface area contributed by atoms with Crippen molar-refractivity contribution in [2.45, 2.75) is 13.1 Å². The number of ether oxygens (including phenoxy) is 2. The fourth-order valence-electron chi connectivity index (χ4n) is 3.70. The van der Waals surface area contributed by atoms with Crippen molar-refractivity contribution in [2.75, 3.05) is 13.8 Å². The zero-order valence-electron chi connectivity index (χ0n) is 15.6. The molecule has 3 heterocycles. The van der Waals surface area contributed by atoms with E-state index in [1.54, 1.807) is 0 Å². The molecule has 0 aliphatic carbocycles. The number of nitrogens with one attached hydrogen (secondary N) is 1. The zero-order valence-corrected chi connectivity index (χ0v) is 15.6. The summed E-state index contributed by atoms with van der Waals surface area (Å²) in [5.74, 6) is 1.56. The highest BCUT2D eigenvalue weighted by Crippen LogP contribution is 2.36. The second kappa shape index (κ2) is 6.98. The van der Waals surface area contributed by atoms with E-state index in [4.69, 9.17) is 9.47 Å². The molecule has 2 aromatic carbocycles. The average molecular weight is 372 g/mol. The maximum absolute atomic E-state index is 5.51. The van der Waals surface area contributed by atoms with Crippen LogP contribution in [0, 0.1) is 0 Å². The van der Waals surface area contributed by atoms with Crippen LogP contribution in [0.25, 0.3) is 22.0 Å². The first-order valence-electron chi connectivity index (χ1n) is 9.20. The Labute approximate surface area is 162 Å². The van der Waals surface area contributed by atoms with Crippen LogP contribution in [0.15, 0.2) is 61.1 Å². The number of fused-ring (bicyclic) bond motifs is 2. The van der Waals surface area contributed by atoms with Crippen molar-refractivity contribution >= 4 is 10.8 Å². The van der Waals surface area contributed by atoms with E-state index in [9.17, 15) is 0 Å². The second-order valence-electron chi connectivity index (χ2n) is 7.02. The third-order valence-electron chi connectivity index (χ3n) is 5.03. The Morgan fingerprint density at radius 2 is 1.89 bits per heavy atom. The number of hydrogen-bond donors (Lipinski definition) is 1. The summed E-state index contributed by atoms with van der Waals surface area (Å²) in [7, 11) is 2.12. The highest BCUT2D eigenvalue weighted by atomic mass is 16.7. The molecule has 6 heteroatoms. The van der Waals surface area contributed by atoms with Crippen molar-refractivity contribution in [3.8, 4) is 22.8 Å². The summed E-state index contributed by atoms with van der Waals surface area (Å²) in [6.07, 6.45) is 5.65. The lowest BCUT2D eigenvalue weighted by molar-refractivity contribution is 0.174. The van der Waals surface area contributed by atoms with Gasteiger partial charge in [0.2, 0.25) is 6.79 Å². The number of rotatable bonds is 5. The van der Waals surface area contributed by atoms with Crippen LogP contribution in [0.5, 0.6) is 11.5 Å². The van der Waals surface area contributed by atoms with Crippen LogP contribution in [0.4, 0.5) is 0 Å². The number of nitrogens with zero attached hydrogens (tertiary/aromatic N) is 3. The van der Waals surface area contributed by atoms with Crippen LogP contribution in [0.3, 0.4) is 0 Å². The minimum atomic E-state index is 0.276. The predicted molar refractivity (Wildman–Crippen MR) is 107 cm³/mol. The molecule has 0 saturated carbocycles. The minimum Gasteiger partial charge on any atom is -0.454 e. The monoisotopic (exact) mass is 372 g/mol. The van der Waals surface area contributed by atoms with Gasteiger partial charge in [0.1, 0.15) is 0 Å². The van der Waals surface area contributed by atoms with Crippen molar-refractivity contribution in [3.05, 3.63) is 72.2 Å². The quantitative estimate of drug-likeness (QED) is 0.574.